The number of hydrogen-bond acceptors (Lipinski definition) is 5. The average Bonchev–Trinajstić information content (AvgIpc) is 2.52. The van der Waals surface area contributed by atoms with Crippen LogP contribution in [0.25, 0.3) is 0 Å². The molecule has 1 aliphatic rings. The number of rotatable bonds is 3. The van der Waals surface area contributed by atoms with Crippen LogP contribution in [0, 0.1) is 0 Å². The standard InChI is InChI=1S/C9H14O5/c1-3-12-9(11)7-4-5-8(14-7)13-6(2)10/h7-8H,3-5H2,1-2H3/t7-,8+/m0/s1. The molecule has 2 atom stereocenters. The Bertz CT molecular complexity index is 225. The Morgan fingerprint density at radius 2 is 2.14 bits per heavy atom. The van der Waals surface area contributed by atoms with Crippen molar-refractivity contribution in [2.24, 2.45) is 0 Å². The lowest BCUT2D eigenvalue weighted by atomic mass is 10.2. The van der Waals surface area contributed by atoms with E-state index in [2.05, 4.69) is 0 Å². The number of ether oxygens (including phenoxy) is 3. The summed E-state index contributed by atoms with van der Waals surface area (Å²) in [6.45, 7) is 3.37. The molecule has 5 heteroatoms. The van der Waals surface area contributed by atoms with Gasteiger partial charge in [0.1, 0.15) is 0 Å². The Hall–Kier alpha value is -1.10. The molecular formula is C9H14O5. The molecule has 0 unspecified atom stereocenters. The summed E-state index contributed by atoms with van der Waals surface area (Å²) >= 11 is 0. The van der Waals surface area contributed by atoms with Crippen LogP contribution in [0.2, 0.25) is 0 Å². The van der Waals surface area contributed by atoms with E-state index in [0.29, 0.717) is 19.4 Å². The van der Waals surface area contributed by atoms with Gasteiger partial charge < -0.3 is 14.2 Å². The van der Waals surface area contributed by atoms with Gasteiger partial charge in [-0.1, -0.05) is 0 Å². The van der Waals surface area contributed by atoms with Crippen molar-refractivity contribution in [2.75, 3.05) is 6.61 Å². The molecule has 0 bridgehead atoms. The van der Waals surface area contributed by atoms with Crippen molar-refractivity contribution in [3.05, 3.63) is 0 Å². The predicted octanol–water partition coefficient (Wildman–Crippen LogP) is 0.618. The molecule has 1 rings (SSSR count). The summed E-state index contributed by atoms with van der Waals surface area (Å²) in [6, 6.07) is 0. The highest BCUT2D eigenvalue weighted by Crippen LogP contribution is 2.21. The Balaban J connectivity index is 2.33. The number of hydrogen-bond donors (Lipinski definition) is 0. The van der Waals surface area contributed by atoms with Crippen LogP contribution in [-0.4, -0.2) is 30.9 Å². The van der Waals surface area contributed by atoms with Crippen LogP contribution in [0.15, 0.2) is 0 Å². The van der Waals surface area contributed by atoms with Gasteiger partial charge in [0.2, 0.25) is 6.29 Å². The summed E-state index contributed by atoms with van der Waals surface area (Å²) in [5, 5.41) is 0. The number of carbonyl (C=O) groups excluding carboxylic acids is 2. The minimum absolute atomic E-state index is 0.330. The molecule has 14 heavy (non-hydrogen) atoms. The zero-order chi connectivity index (χ0) is 10.6. The minimum atomic E-state index is -0.595. The summed E-state index contributed by atoms with van der Waals surface area (Å²) in [7, 11) is 0. The maximum Gasteiger partial charge on any atom is 0.335 e. The molecule has 0 aliphatic carbocycles. The van der Waals surface area contributed by atoms with Crippen LogP contribution in [0.4, 0.5) is 0 Å². The third-order valence-electron chi connectivity index (χ3n) is 1.83. The van der Waals surface area contributed by atoms with Crippen LogP contribution < -0.4 is 0 Å². The Kier molecular flexibility index (Phi) is 3.88. The molecule has 0 aromatic carbocycles. The van der Waals surface area contributed by atoms with Crippen LogP contribution in [0.3, 0.4) is 0 Å². The maximum atomic E-state index is 11.2. The van der Waals surface area contributed by atoms with Gasteiger partial charge in [0.15, 0.2) is 6.10 Å². The first-order chi connectivity index (χ1) is 6.63. The van der Waals surface area contributed by atoms with Gasteiger partial charge in [-0.25, -0.2) is 4.79 Å². The normalized spacial score (nSPS) is 25.9. The van der Waals surface area contributed by atoms with Gasteiger partial charge in [0, 0.05) is 13.3 Å². The summed E-state index contributed by atoms with van der Waals surface area (Å²) in [6.07, 6.45) is -0.0963. The molecule has 1 heterocycles. The second-order valence-electron chi connectivity index (χ2n) is 2.99. The Morgan fingerprint density at radius 3 is 2.71 bits per heavy atom. The number of esters is 2. The first-order valence-electron chi connectivity index (χ1n) is 4.62. The molecule has 0 radical (unpaired) electrons. The Morgan fingerprint density at radius 1 is 1.43 bits per heavy atom. The molecule has 0 amide bonds. The zero-order valence-electron chi connectivity index (χ0n) is 8.32. The molecule has 0 aromatic rings. The van der Waals surface area contributed by atoms with Crippen LogP contribution in [0.5, 0.6) is 0 Å². The average molecular weight is 202 g/mol. The second-order valence-corrected chi connectivity index (χ2v) is 2.99. The van der Waals surface area contributed by atoms with E-state index in [4.69, 9.17) is 14.2 Å². The largest absolute Gasteiger partial charge is 0.464 e. The number of carbonyl (C=O) groups is 2. The van der Waals surface area contributed by atoms with E-state index < -0.39 is 18.4 Å². The summed E-state index contributed by atoms with van der Waals surface area (Å²) in [4.78, 5) is 21.8. The molecule has 1 aliphatic heterocycles. The van der Waals surface area contributed by atoms with E-state index in [9.17, 15) is 9.59 Å². The van der Waals surface area contributed by atoms with Crippen LogP contribution in [-0.2, 0) is 23.8 Å². The minimum Gasteiger partial charge on any atom is -0.464 e. The van der Waals surface area contributed by atoms with E-state index in [1.165, 1.54) is 6.92 Å². The van der Waals surface area contributed by atoms with Crippen molar-refractivity contribution in [3.8, 4) is 0 Å². The van der Waals surface area contributed by atoms with Crippen molar-refractivity contribution in [1.82, 2.24) is 0 Å². The van der Waals surface area contributed by atoms with E-state index in [1.807, 2.05) is 0 Å². The lowest BCUT2D eigenvalue weighted by Crippen LogP contribution is -2.25. The van der Waals surface area contributed by atoms with Crippen LogP contribution in [0.1, 0.15) is 26.7 Å². The van der Waals surface area contributed by atoms with Crippen molar-refractivity contribution in [3.63, 3.8) is 0 Å². The van der Waals surface area contributed by atoms with E-state index in [-0.39, 0.29) is 5.97 Å². The summed E-state index contributed by atoms with van der Waals surface area (Å²) in [5.41, 5.74) is 0. The highest BCUT2D eigenvalue weighted by atomic mass is 16.7. The maximum absolute atomic E-state index is 11.2. The quantitative estimate of drug-likeness (QED) is 0.628. The van der Waals surface area contributed by atoms with Crippen molar-refractivity contribution < 1.29 is 23.8 Å². The van der Waals surface area contributed by atoms with Gasteiger partial charge in [-0.3, -0.25) is 4.79 Å². The molecule has 80 valence electrons. The summed E-state index contributed by atoms with van der Waals surface area (Å²) < 4.78 is 14.7. The van der Waals surface area contributed by atoms with E-state index in [0.717, 1.165) is 0 Å². The third-order valence-corrected chi connectivity index (χ3v) is 1.83. The molecular weight excluding hydrogens is 188 g/mol. The molecule has 1 fully saturated rings. The second kappa shape index (κ2) is 4.95. The SMILES string of the molecule is CCOC(=O)[C@@H]1CC[C@H](OC(C)=O)O1. The lowest BCUT2D eigenvalue weighted by molar-refractivity contribution is -0.183. The predicted molar refractivity (Wildman–Crippen MR) is 46.3 cm³/mol. The molecule has 0 N–H and O–H groups in total. The van der Waals surface area contributed by atoms with Gasteiger partial charge in [-0.15, -0.1) is 0 Å². The molecule has 0 saturated carbocycles. The fourth-order valence-electron chi connectivity index (χ4n) is 1.29. The van der Waals surface area contributed by atoms with Gasteiger partial charge >= 0.3 is 11.9 Å². The van der Waals surface area contributed by atoms with Gasteiger partial charge in [0.05, 0.1) is 6.61 Å². The molecule has 1 saturated heterocycles. The van der Waals surface area contributed by atoms with Crippen molar-refractivity contribution in [2.45, 2.75) is 39.1 Å². The van der Waals surface area contributed by atoms with Gasteiger partial charge in [-0.2, -0.15) is 0 Å². The molecule has 0 spiro atoms. The fraction of sp³-hybridized carbons (Fsp3) is 0.778. The van der Waals surface area contributed by atoms with E-state index >= 15 is 0 Å². The first-order valence-corrected chi connectivity index (χ1v) is 4.62. The van der Waals surface area contributed by atoms with Gasteiger partial charge in [-0.05, 0) is 13.3 Å². The first kappa shape index (κ1) is 11.0. The van der Waals surface area contributed by atoms with Crippen LogP contribution >= 0.6 is 0 Å². The van der Waals surface area contributed by atoms with Crippen molar-refractivity contribution >= 4 is 11.9 Å². The Labute approximate surface area is 82.3 Å². The summed E-state index contributed by atoms with van der Waals surface area (Å²) in [5.74, 6) is -0.790. The van der Waals surface area contributed by atoms with E-state index in [1.54, 1.807) is 6.92 Å². The molecule has 5 nitrogen and oxygen atoms in total. The van der Waals surface area contributed by atoms with Crippen molar-refractivity contribution in [1.29, 1.82) is 0 Å². The monoisotopic (exact) mass is 202 g/mol. The zero-order valence-corrected chi connectivity index (χ0v) is 8.32. The highest BCUT2D eigenvalue weighted by molar-refractivity contribution is 5.75. The highest BCUT2D eigenvalue weighted by Gasteiger charge is 2.33. The topological polar surface area (TPSA) is 61.8 Å². The fourth-order valence-corrected chi connectivity index (χ4v) is 1.29. The third kappa shape index (κ3) is 2.99. The molecule has 0 aromatic heterocycles. The smallest absolute Gasteiger partial charge is 0.335 e. The van der Waals surface area contributed by atoms with Gasteiger partial charge in [0.25, 0.3) is 0 Å². The lowest BCUT2D eigenvalue weighted by Gasteiger charge is -2.12.